The number of rotatable bonds is 6. The highest BCUT2D eigenvalue weighted by molar-refractivity contribution is 5.79. The number of nitrogens with one attached hydrogen (secondary N) is 2. The van der Waals surface area contributed by atoms with Crippen molar-refractivity contribution in [3.8, 4) is 0 Å². The number of guanidine groups is 1. The van der Waals surface area contributed by atoms with Gasteiger partial charge in [-0.15, -0.1) is 0 Å². The highest BCUT2D eigenvalue weighted by atomic mass is 19.1. The van der Waals surface area contributed by atoms with Gasteiger partial charge < -0.3 is 10.6 Å². The van der Waals surface area contributed by atoms with Crippen LogP contribution < -0.4 is 10.6 Å². The SMILES string of the molecule is CCNC(=NCCCc1cccc(F)c1)NC(C)C. The molecular weight excluding hydrogens is 241 g/mol. The average molecular weight is 265 g/mol. The molecule has 0 heterocycles. The summed E-state index contributed by atoms with van der Waals surface area (Å²) in [5, 5.41) is 6.47. The van der Waals surface area contributed by atoms with E-state index in [1.54, 1.807) is 12.1 Å². The summed E-state index contributed by atoms with van der Waals surface area (Å²) in [7, 11) is 0. The van der Waals surface area contributed by atoms with Crippen LogP contribution in [0.2, 0.25) is 0 Å². The zero-order valence-electron chi connectivity index (χ0n) is 12.0. The Balaban J connectivity index is 2.38. The van der Waals surface area contributed by atoms with Gasteiger partial charge in [-0.1, -0.05) is 12.1 Å². The van der Waals surface area contributed by atoms with Crippen LogP contribution in [0.4, 0.5) is 4.39 Å². The van der Waals surface area contributed by atoms with E-state index in [0.29, 0.717) is 6.04 Å². The van der Waals surface area contributed by atoms with Crippen molar-refractivity contribution in [2.75, 3.05) is 13.1 Å². The molecule has 106 valence electrons. The van der Waals surface area contributed by atoms with Crippen molar-refractivity contribution in [1.82, 2.24) is 10.6 Å². The maximum Gasteiger partial charge on any atom is 0.191 e. The molecule has 1 rings (SSSR count). The molecule has 0 saturated heterocycles. The molecule has 0 amide bonds. The van der Waals surface area contributed by atoms with E-state index >= 15 is 0 Å². The first-order valence-electron chi connectivity index (χ1n) is 6.91. The molecule has 0 spiro atoms. The molecule has 0 saturated carbocycles. The van der Waals surface area contributed by atoms with Gasteiger partial charge in [0.15, 0.2) is 5.96 Å². The van der Waals surface area contributed by atoms with Crippen molar-refractivity contribution in [2.24, 2.45) is 4.99 Å². The molecule has 19 heavy (non-hydrogen) atoms. The third-order valence-electron chi connectivity index (χ3n) is 2.55. The number of hydrogen-bond acceptors (Lipinski definition) is 1. The minimum Gasteiger partial charge on any atom is -0.357 e. The van der Waals surface area contributed by atoms with E-state index in [4.69, 9.17) is 0 Å². The van der Waals surface area contributed by atoms with Crippen molar-refractivity contribution in [1.29, 1.82) is 0 Å². The minimum atomic E-state index is -0.171. The van der Waals surface area contributed by atoms with Gasteiger partial charge in [-0.05, 0) is 51.3 Å². The largest absolute Gasteiger partial charge is 0.357 e. The van der Waals surface area contributed by atoms with E-state index in [1.807, 2.05) is 13.0 Å². The Morgan fingerprint density at radius 1 is 1.37 bits per heavy atom. The van der Waals surface area contributed by atoms with Crippen molar-refractivity contribution in [3.05, 3.63) is 35.6 Å². The zero-order chi connectivity index (χ0) is 14.1. The Morgan fingerprint density at radius 2 is 2.16 bits per heavy atom. The van der Waals surface area contributed by atoms with Crippen LogP contribution in [0.5, 0.6) is 0 Å². The summed E-state index contributed by atoms with van der Waals surface area (Å²) >= 11 is 0. The Morgan fingerprint density at radius 3 is 2.79 bits per heavy atom. The van der Waals surface area contributed by atoms with Crippen LogP contribution in [0.25, 0.3) is 0 Å². The molecule has 1 aromatic rings. The van der Waals surface area contributed by atoms with E-state index in [1.165, 1.54) is 6.07 Å². The zero-order valence-corrected chi connectivity index (χ0v) is 12.0. The van der Waals surface area contributed by atoms with Crippen molar-refractivity contribution in [2.45, 2.75) is 39.7 Å². The van der Waals surface area contributed by atoms with E-state index < -0.39 is 0 Å². The molecule has 0 radical (unpaired) electrons. The van der Waals surface area contributed by atoms with Gasteiger partial charge in [-0.2, -0.15) is 0 Å². The van der Waals surface area contributed by atoms with Gasteiger partial charge in [-0.3, -0.25) is 4.99 Å². The van der Waals surface area contributed by atoms with E-state index in [2.05, 4.69) is 29.5 Å². The average Bonchev–Trinajstić information content (AvgIpc) is 2.34. The predicted molar refractivity (Wildman–Crippen MR) is 79.0 cm³/mol. The fraction of sp³-hybridized carbons (Fsp3) is 0.533. The van der Waals surface area contributed by atoms with Gasteiger partial charge in [0.05, 0.1) is 0 Å². The molecule has 0 bridgehead atoms. The lowest BCUT2D eigenvalue weighted by Crippen LogP contribution is -2.41. The van der Waals surface area contributed by atoms with Crippen molar-refractivity contribution >= 4 is 5.96 Å². The smallest absolute Gasteiger partial charge is 0.191 e. The lowest BCUT2D eigenvalue weighted by Gasteiger charge is -2.13. The van der Waals surface area contributed by atoms with Gasteiger partial charge in [0.25, 0.3) is 0 Å². The minimum absolute atomic E-state index is 0.171. The quantitative estimate of drug-likeness (QED) is 0.471. The standard InChI is InChI=1S/C15H24FN3/c1-4-17-15(19-12(2)3)18-10-6-8-13-7-5-9-14(16)11-13/h5,7,9,11-12H,4,6,8,10H2,1-3H3,(H2,17,18,19). The molecule has 4 heteroatoms. The maximum absolute atomic E-state index is 13.0. The van der Waals surface area contributed by atoms with Crippen LogP contribution in [-0.2, 0) is 6.42 Å². The monoisotopic (exact) mass is 265 g/mol. The Hall–Kier alpha value is -1.58. The number of hydrogen-bond donors (Lipinski definition) is 2. The number of nitrogens with zero attached hydrogens (tertiary/aromatic N) is 1. The summed E-state index contributed by atoms with van der Waals surface area (Å²) in [5.41, 5.74) is 1.03. The molecular formula is C15H24FN3. The molecule has 3 nitrogen and oxygen atoms in total. The highest BCUT2D eigenvalue weighted by Crippen LogP contribution is 2.06. The number of aryl methyl sites for hydroxylation is 1. The predicted octanol–water partition coefficient (Wildman–Crippen LogP) is 2.72. The normalized spacial score (nSPS) is 11.7. The number of benzene rings is 1. The summed E-state index contributed by atoms with van der Waals surface area (Å²) in [6.07, 6.45) is 1.76. The maximum atomic E-state index is 13.0. The molecule has 1 aromatic carbocycles. The number of halogens is 1. The molecule has 0 aliphatic heterocycles. The first-order valence-corrected chi connectivity index (χ1v) is 6.91. The van der Waals surface area contributed by atoms with Gasteiger partial charge in [0.1, 0.15) is 5.82 Å². The fourth-order valence-corrected chi connectivity index (χ4v) is 1.76. The Labute approximate surface area is 115 Å². The second kappa shape index (κ2) is 8.51. The van der Waals surface area contributed by atoms with Crippen LogP contribution in [-0.4, -0.2) is 25.1 Å². The topological polar surface area (TPSA) is 36.4 Å². The Bertz CT molecular complexity index is 402. The first-order chi connectivity index (χ1) is 9.11. The lowest BCUT2D eigenvalue weighted by molar-refractivity contribution is 0.624. The summed E-state index contributed by atoms with van der Waals surface area (Å²) < 4.78 is 13.0. The van der Waals surface area contributed by atoms with E-state index in [9.17, 15) is 4.39 Å². The van der Waals surface area contributed by atoms with Gasteiger partial charge in [0, 0.05) is 19.1 Å². The first kappa shape index (κ1) is 15.5. The molecule has 2 N–H and O–H groups in total. The highest BCUT2D eigenvalue weighted by Gasteiger charge is 1.99. The summed E-state index contributed by atoms with van der Waals surface area (Å²) in [4.78, 5) is 4.49. The van der Waals surface area contributed by atoms with Crippen LogP contribution in [0, 0.1) is 5.82 Å². The van der Waals surface area contributed by atoms with E-state index in [0.717, 1.165) is 37.5 Å². The summed E-state index contributed by atoms with van der Waals surface area (Å²) in [6.45, 7) is 7.80. The second-order valence-corrected chi connectivity index (χ2v) is 4.79. The lowest BCUT2D eigenvalue weighted by atomic mass is 10.1. The third-order valence-corrected chi connectivity index (χ3v) is 2.55. The summed E-state index contributed by atoms with van der Waals surface area (Å²) in [6, 6.07) is 7.11. The molecule has 0 fully saturated rings. The van der Waals surface area contributed by atoms with Crippen LogP contribution in [0.1, 0.15) is 32.8 Å². The molecule has 0 aliphatic carbocycles. The van der Waals surface area contributed by atoms with Crippen LogP contribution in [0.15, 0.2) is 29.3 Å². The van der Waals surface area contributed by atoms with Crippen molar-refractivity contribution in [3.63, 3.8) is 0 Å². The molecule has 0 aromatic heterocycles. The summed E-state index contributed by atoms with van der Waals surface area (Å²) in [5.74, 6) is 0.674. The van der Waals surface area contributed by atoms with Gasteiger partial charge >= 0.3 is 0 Å². The molecule has 0 atom stereocenters. The van der Waals surface area contributed by atoms with Crippen LogP contribution >= 0.6 is 0 Å². The van der Waals surface area contributed by atoms with Crippen molar-refractivity contribution < 1.29 is 4.39 Å². The van der Waals surface area contributed by atoms with Crippen LogP contribution in [0.3, 0.4) is 0 Å². The van der Waals surface area contributed by atoms with Gasteiger partial charge in [0.2, 0.25) is 0 Å². The molecule has 0 aliphatic rings. The second-order valence-electron chi connectivity index (χ2n) is 4.79. The molecule has 0 unspecified atom stereocenters. The van der Waals surface area contributed by atoms with Gasteiger partial charge in [-0.25, -0.2) is 4.39 Å². The van der Waals surface area contributed by atoms with E-state index in [-0.39, 0.29) is 5.82 Å². The third kappa shape index (κ3) is 6.79. The fourth-order valence-electron chi connectivity index (χ4n) is 1.76. The number of aliphatic imine (C=N–C) groups is 1. The Kier molecular flexibility index (Phi) is 6.93.